The highest BCUT2D eigenvalue weighted by Gasteiger charge is 2.11. The number of carbonyl (C=O) groups is 1. The third-order valence-electron chi connectivity index (χ3n) is 3.28. The molecule has 6 heteroatoms. The normalized spacial score (nSPS) is 10.5. The summed E-state index contributed by atoms with van der Waals surface area (Å²) >= 11 is 7.49. The molecule has 0 bridgehead atoms. The van der Waals surface area contributed by atoms with Gasteiger partial charge in [0.25, 0.3) is 5.91 Å². The summed E-state index contributed by atoms with van der Waals surface area (Å²) < 4.78 is 0. The maximum Gasteiger partial charge on any atom is 0.253 e. The number of hydrogen-bond donors (Lipinski definition) is 1. The molecule has 0 atom stereocenters. The van der Waals surface area contributed by atoms with Gasteiger partial charge in [0.1, 0.15) is 5.01 Å². The second-order valence-electron chi connectivity index (χ2n) is 4.94. The first-order valence-electron chi connectivity index (χ1n) is 7.04. The fourth-order valence-electron chi connectivity index (χ4n) is 2.16. The molecule has 2 heterocycles. The Hall–Kier alpha value is -2.24. The van der Waals surface area contributed by atoms with Gasteiger partial charge in [-0.1, -0.05) is 23.7 Å². The van der Waals surface area contributed by atoms with E-state index >= 15 is 0 Å². The average molecular weight is 344 g/mol. The Kier molecular flexibility index (Phi) is 4.69. The second kappa shape index (κ2) is 6.89. The Bertz CT molecular complexity index is 816. The summed E-state index contributed by atoms with van der Waals surface area (Å²) in [4.78, 5) is 21.7. The average Bonchev–Trinajstić information content (AvgIpc) is 2.95. The zero-order valence-electron chi connectivity index (χ0n) is 12.4. The van der Waals surface area contributed by atoms with Crippen LogP contribution in [0.15, 0.2) is 48.8 Å². The number of amides is 1. The first-order valence-corrected chi connectivity index (χ1v) is 8.23. The van der Waals surface area contributed by atoms with E-state index in [0.29, 0.717) is 17.1 Å². The van der Waals surface area contributed by atoms with E-state index in [1.54, 1.807) is 35.9 Å². The van der Waals surface area contributed by atoms with E-state index in [4.69, 9.17) is 11.6 Å². The van der Waals surface area contributed by atoms with Crippen molar-refractivity contribution in [1.29, 1.82) is 0 Å². The van der Waals surface area contributed by atoms with E-state index in [-0.39, 0.29) is 5.91 Å². The summed E-state index contributed by atoms with van der Waals surface area (Å²) in [6.07, 6.45) is 3.18. The predicted octanol–water partition coefficient (Wildman–Crippen LogP) is 4.10. The first kappa shape index (κ1) is 15.6. The minimum atomic E-state index is -0.154. The number of nitrogens with one attached hydrogen (secondary N) is 1. The molecule has 0 aliphatic carbocycles. The predicted molar refractivity (Wildman–Crippen MR) is 92.7 cm³/mol. The van der Waals surface area contributed by atoms with Crippen LogP contribution in [0.2, 0.25) is 5.02 Å². The van der Waals surface area contributed by atoms with Crippen LogP contribution in [0.1, 0.15) is 20.2 Å². The maximum absolute atomic E-state index is 12.0. The number of pyridine rings is 1. The fourth-order valence-corrected chi connectivity index (χ4v) is 3.18. The van der Waals surface area contributed by atoms with Crippen molar-refractivity contribution in [2.75, 3.05) is 0 Å². The van der Waals surface area contributed by atoms with Crippen molar-refractivity contribution in [2.45, 2.75) is 13.5 Å². The molecule has 23 heavy (non-hydrogen) atoms. The molecule has 0 spiro atoms. The summed E-state index contributed by atoms with van der Waals surface area (Å²) in [6, 6.07) is 11.1. The number of aryl methyl sites for hydroxylation is 1. The van der Waals surface area contributed by atoms with Crippen molar-refractivity contribution in [3.05, 3.63) is 69.3 Å². The minimum absolute atomic E-state index is 0.154. The van der Waals surface area contributed by atoms with Gasteiger partial charge in [-0.05, 0) is 31.2 Å². The van der Waals surface area contributed by atoms with Gasteiger partial charge in [-0.3, -0.25) is 9.78 Å². The van der Waals surface area contributed by atoms with E-state index in [0.717, 1.165) is 21.1 Å². The van der Waals surface area contributed by atoms with E-state index in [1.165, 1.54) is 0 Å². The molecular weight excluding hydrogens is 330 g/mol. The highest BCUT2D eigenvalue weighted by molar-refractivity contribution is 7.12. The van der Waals surface area contributed by atoms with Crippen molar-refractivity contribution in [3.63, 3.8) is 0 Å². The highest BCUT2D eigenvalue weighted by atomic mass is 35.5. The van der Waals surface area contributed by atoms with Crippen LogP contribution in [0.3, 0.4) is 0 Å². The molecule has 1 amide bonds. The quantitative estimate of drug-likeness (QED) is 0.776. The molecular formula is C17H14ClN3OS. The Morgan fingerprint density at radius 3 is 2.74 bits per heavy atom. The minimum Gasteiger partial charge on any atom is -0.345 e. The zero-order valence-corrected chi connectivity index (χ0v) is 14.0. The lowest BCUT2D eigenvalue weighted by molar-refractivity contribution is 0.0950. The van der Waals surface area contributed by atoms with Crippen molar-refractivity contribution >= 4 is 28.8 Å². The molecule has 0 saturated heterocycles. The molecule has 3 aromatic rings. The SMILES string of the molecule is Cc1sc(CNC(=O)c2cccnc2)nc1-c1ccc(Cl)cc1. The van der Waals surface area contributed by atoms with Gasteiger partial charge < -0.3 is 5.32 Å². The van der Waals surface area contributed by atoms with Crippen LogP contribution in [-0.4, -0.2) is 15.9 Å². The van der Waals surface area contributed by atoms with Gasteiger partial charge in [-0.2, -0.15) is 0 Å². The lowest BCUT2D eigenvalue weighted by atomic mass is 10.1. The standard InChI is InChI=1S/C17H14ClN3OS/c1-11-16(12-4-6-14(18)7-5-12)21-15(23-11)10-20-17(22)13-3-2-8-19-9-13/h2-9H,10H2,1H3,(H,20,22). The number of halogens is 1. The highest BCUT2D eigenvalue weighted by Crippen LogP contribution is 2.28. The molecule has 0 aliphatic rings. The summed E-state index contributed by atoms with van der Waals surface area (Å²) in [5.41, 5.74) is 2.49. The van der Waals surface area contributed by atoms with Crippen LogP contribution in [0.4, 0.5) is 0 Å². The first-order chi connectivity index (χ1) is 11.1. The molecule has 0 unspecified atom stereocenters. The van der Waals surface area contributed by atoms with Gasteiger partial charge in [0.2, 0.25) is 0 Å². The summed E-state index contributed by atoms with van der Waals surface area (Å²) in [5, 5.41) is 4.43. The Morgan fingerprint density at radius 2 is 2.04 bits per heavy atom. The van der Waals surface area contributed by atoms with Crippen molar-refractivity contribution < 1.29 is 4.79 Å². The topological polar surface area (TPSA) is 54.9 Å². The molecule has 116 valence electrons. The third kappa shape index (κ3) is 3.75. The van der Waals surface area contributed by atoms with Crippen LogP contribution < -0.4 is 5.32 Å². The van der Waals surface area contributed by atoms with Crippen molar-refractivity contribution in [1.82, 2.24) is 15.3 Å². The van der Waals surface area contributed by atoms with Gasteiger partial charge >= 0.3 is 0 Å². The Morgan fingerprint density at radius 1 is 1.26 bits per heavy atom. The van der Waals surface area contributed by atoms with E-state index in [1.807, 2.05) is 31.2 Å². The van der Waals surface area contributed by atoms with Crippen LogP contribution in [-0.2, 0) is 6.54 Å². The maximum atomic E-state index is 12.0. The molecule has 0 radical (unpaired) electrons. The van der Waals surface area contributed by atoms with E-state index < -0.39 is 0 Å². The van der Waals surface area contributed by atoms with Crippen LogP contribution >= 0.6 is 22.9 Å². The monoisotopic (exact) mass is 343 g/mol. The van der Waals surface area contributed by atoms with Crippen molar-refractivity contribution in [2.24, 2.45) is 0 Å². The van der Waals surface area contributed by atoms with Crippen LogP contribution in [0.25, 0.3) is 11.3 Å². The molecule has 2 aromatic heterocycles. The number of carbonyl (C=O) groups excluding carboxylic acids is 1. The molecule has 3 rings (SSSR count). The van der Waals surface area contributed by atoms with Gasteiger partial charge in [-0.25, -0.2) is 4.98 Å². The van der Waals surface area contributed by atoms with Crippen molar-refractivity contribution in [3.8, 4) is 11.3 Å². The number of benzene rings is 1. The number of thiazole rings is 1. The number of rotatable bonds is 4. The molecule has 0 aliphatic heterocycles. The summed E-state index contributed by atoms with van der Waals surface area (Å²) in [7, 11) is 0. The third-order valence-corrected chi connectivity index (χ3v) is 4.51. The number of nitrogens with zero attached hydrogens (tertiary/aromatic N) is 2. The molecule has 4 nitrogen and oxygen atoms in total. The molecule has 0 fully saturated rings. The Balaban J connectivity index is 1.71. The van der Waals surface area contributed by atoms with Gasteiger partial charge in [0.05, 0.1) is 17.8 Å². The van der Waals surface area contributed by atoms with Crippen LogP contribution in [0.5, 0.6) is 0 Å². The van der Waals surface area contributed by atoms with Gasteiger partial charge in [0, 0.05) is 27.9 Å². The lowest BCUT2D eigenvalue weighted by Gasteiger charge is -2.02. The number of hydrogen-bond acceptors (Lipinski definition) is 4. The molecule has 1 aromatic carbocycles. The lowest BCUT2D eigenvalue weighted by Crippen LogP contribution is -2.22. The van der Waals surface area contributed by atoms with E-state index in [2.05, 4.69) is 15.3 Å². The fraction of sp³-hybridized carbons (Fsp3) is 0.118. The van der Waals surface area contributed by atoms with E-state index in [9.17, 15) is 4.79 Å². The molecule has 1 N–H and O–H groups in total. The zero-order chi connectivity index (χ0) is 16.2. The Labute approximate surface area is 143 Å². The number of aromatic nitrogens is 2. The largest absolute Gasteiger partial charge is 0.345 e. The van der Waals surface area contributed by atoms with Crippen LogP contribution in [0, 0.1) is 6.92 Å². The smallest absolute Gasteiger partial charge is 0.253 e. The van der Waals surface area contributed by atoms with Gasteiger partial charge in [0.15, 0.2) is 0 Å². The summed E-state index contributed by atoms with van der Waals surface area (Å²) in [6.45, 7) is 2.42. The van der Waals surface area contributed by atoms with Gasteiger partial charge in [-0.15, -0.1) is 11.3 Å². The molecule has 0 saturated carbocycles. The second-order valence-corrected chi connectivity index (χ2v) is 6.67. The summed E-state index contributed by atoms with van der Waals surface area (Å²) in [5.74, 6) is -0.154.